The number of carbonyl (C=O) groups is 1. The number of nitrogens with one attached hydrogen (secondary N) is 2. The van der Waals surface area contributed by atoms with Gasteiger partial charge in [-0.25, -0.2) is 0 Å². The van der Waals surface area contributed by atoms with Crippen LogP contribution in [-0.4, -0.2) is 19.6 Å². The van der Waals surface area contributed by atoms with Gasteiger partial charge < -0.3 is 15.4 Å². The molecule has 0 saturated heterocycles. The van der Waals surface area contributed by atoms with Crippen LogP contribution in [0.1, 0.15) is 5.56 Å². The second-order valence-corrected chi connectivity index (χ2v) is 5.13. The molecule has 1 atom stereocenters. The third kappa shape index (κ3) is 2.84. The van der Waals surface area contributed by atoms with Crippen molar-refractivity contribution in [2.24, 2.45) is 5.92 Å². The van der Waals surface area contributed by atoms with Crippen molar-refractivity contribution >= 4 is 17.3 Å². The Labute approximate surface area is 124 Å². The predicted octanol–water partition coefficient (Wildman–Crippen LogP) is 2.92. The summed E-state index contributed by atoms with van der Waals surface area (Å²) in [6.45, 7) is 0.651. The van der Waals surface area contributed by atoms with Crippen molar-refractivity contribution < 1.29 is 9.53 Å². The highest BCUT2D eigenvalue weighted by atomic mass is 16.5. The summed E-state index contributed by atoms with van der Waals surface area (Å²) < 4.78 is 5.26. The van der Waals surface area contributed by atoms with E-state index in [-0.39, 0.29) is 11.8 Å². The van der Waals surface area contributed by atoms with Gasteiger partial charge in [0.2, 0.25) is 5.91 Å². The molecule has 0 aliphatic carbocycles. The Morgan fingerprint density at radius 1 is 1.19 bits per heavy atom. The van der Waals surface area contributed by atoms with Crippen molar-refractivity contribution in [1.82, 2.24) is 0 Å². The van der Waals surface area contributed by atoms with E-state index in [1.54, 1.807) is 7.11 Å². The number of hydrogen-bond donors (Lipinski definition) is 2. The zero-order valence-corrected chi connectivity index (χ0v) is 11.9. The number of fused-ring (bicyclic) bond motifs is 1. The molecule has 0 aromatic heterocycles. The van der Waals surface area contributed by atoms with E-state index in [1.807, 2.05) is 42.5 Å². The number of benzene rings is 2. The number of anilines is 2. The Balaban J connectivity index is 1.72. The number of methoxy groups -OCH3 is 1. The highest BCUT2D eigenvalue weighted by Gasteiger charge is 2.24. The van der Waals surface area contributed by atoms with Gasteiger partial charge in [0.05, 0.1) is 18.7 Å². The monoisotopic (exact) mass is 282 g/mol. The van der Waals surface area contributed by atoms with E-state index in [0.717, 1.165) is 12.1 Å². The lowest BCUT2D eigenvalue weighted by molar-refractivity contribution is -0.119. The van der Waals surface area contributed by atoms with Crippen molar-refractivity contribution in [1.29, 1.82) is 0 Å². The van der Waals surface area contributed by atoms with E-state index < -0.39 is 0 Å². The van der Waals surface area contributed by atoms with Crippen LogP contribution in [0.5, 0.6) is 5.75 Å². The van der Waals surface area contributed by atoms with Crippen LogP contribution >= 0.6 is 0 Å². The van der Waals surface area contributed by atoms with E-state index in [1.165, 1.54) is 5.56 Å². The largest absolute Gasteiger partial charge is 0.495 e. The first-order valence-corrected chi connectivity index (χ1v) is 7.03. The third-order valence-electron chi connectivity index (χ3n) is 3.76. The van der Waals surface area contributed by atoms with Gasteiger partial charge in [-0.05, 0) is 30.2 Å². The van der Waals surface area contributed by atoms with Crippen LogP contribution in [-0.2, 0) is 11.2 Å². The molecule has 0 fully saturated rings. The molecule has 1 aliphatic rings. The van der Waals surface area contributed by atoms with Crippen LogP contribution in [0.4, 0.5) is 11.4 Å². The SMILES string of the molecule is COc1ccccc1NC(=O)C1CNc2ccccc2C1. The summed E-state index contributed by atoms with van der Waals surface area (Å²) in [5, 5.41) is 6.27. The van der Waals surface area contributed by atoms with E-state index >= 15 is 0 Å². The van der Waals surface area contributed by atoms with Gasteiger partial charge in [0.15, 0.2) is 0 Å². The predicted molar refractivity (Wildman–Crippen MR) is 83.7 cm³/mol. The quantitative estimate of drug-likeness (QED) is 0.910. The Kier molecular flexibility index (Phi) is 3.77. The van der Waals surface area contributed by atoms with E-state index in [4.69, 9.17) is 4.74 Å². The topological polar surface area (TPSA) is 50.4 Å². The Bertz CT molecular complexity index is 655. The summed E-state index contributed by atoms with van der Waals surface area (Å²) in [7, 11) is 1.60. The van der Waals surface area contributed by atoms with Crippen LogP contribution in [0.2, 0.25) is 0 Å². The summed E-state index contributed by atoms with van der Waals surface area (Å²) in [6, 6.07) is 15.6. The van der Waals surface area contributed by atoms with Gasteiger partial charge in [-0.3, -0.25) is 4.79 Å². The molecule has 0 spiro atoms. The van der Waals surface area contributed by atoms with Gasteiger partial charge in [-0.1, -0.05) is 30.3 Å². The van der Waals surface area contributed by atoms with Crippen LogP contribution in [0.3, 0.4) is 0 Å². The molecule has 2 aromatic carbocycles. The highest BCUT2D eigenvalue weighted by Crippen LogP contribution is 2.27. The van der Waals surface area contributed by atoms with Crippen LogP contribution < -0.4 is 15.4 Å². The Morgan fingerprint density at radius 3 is 2.81 bits per heavy atom. The summed E-state index contributed by atoms with van der Waals surface area (Å²) in [5.74, 6) is 0.612. The minimum atomic E-state index is -0.0789. The van der Waals surface area contributed by atoms with Crippen molar-refractivity contribution in [2.45, 2.75) is 6.42 Å². The summed E-state index contributed by atoms with van der Waals surface area (Å²) >= 11 is 0. The molecule has 4 heteroatoms. The average Bonchev–Trinajstić information content (AvgIpc) is 2.55. The molecule has 1 heterocycles. The zero-order chi connectivity index (χ0) is 14.7. The van der Waals surface area contributed by atoms with Crippen LogP contribution in [0.25, 0.3) is 0 Å². The molecule has 1 amide bonds. The molecule has 21 heavy (non-hydrogen) atoms. The molecule has 0 bridgehead atoms. The standard InChI is InChI=1S/C17H18N2O2/c1-21-16-9-5-4-8-15(16)19-17(20)13-10-12-6-2-3-7-14(12)18-11-13/h2-9,13,18H,10-11H2,1H3,(H,19,20). The Hall–Kier alpha value is -2.49. The number of rotatable bonds is 3. The van der Waals surface area contributed by atoms with E-state index in [2.05, 4.69) is 16.7 Å². The van der Waals surface area contributed by atoms with E-state index in [9.17, 15) is 4.79 Å². The first-order chi connectivity index (χ1) is 10.3. The fourth-order valence-electron chi connectivity index (χ4n) is 2.61. The number of carbonyl (C=O) groups excluding carboxylic acids is 1. The lowest BCUT2D eigenvalue weighted by atomic mass is 9.93. The normalized spacial score (nSPS) is 16.5. The lowest BCUT2D eigenvalue weighted by Gasteiger charge is -2.25. The lowest BCUT2D eigenvalue weighted by Crippen LogP contribution is -2.33. The molecule has 1 aliphatic heterocycles. The molecule has 2 aromatic rings. The molecule has 108 valence electrons. The van der Waals surface area contributed by atoms with Gasteiger partial charge in [0.1, 0.15) is 5.75 Å². The molecular formula is C17H18N2O2. The third-order valence-corrected chi connectivity index (χ3v) is 3.76. The zero-order valence-electron chi connectivity index (χ0n) is 11.9. The summed E-state index contributed by atoms with van der Waals surface area (Å²) in [4.78, 5) is 12.4. The number of para-hydroxylation sites is 3. The minimum Gasteiger partial charge on any atom is -0.495 e. The van der Waals surface area contributed by atoms with Crippen LogP contribution in [0, 0.1) is 5.92 Å². The van der Waals surface area contributed by atoms with Gasteiger partial charge in [-0.15, -0.1) is 0 Å². The van der Waals surface area contributed by atoms with Gasteiger partial charge in [0, 0.05) is 12.2 Å². The molecular weight excluding hydrogens is 264 g/mol. The molecule has 0 radical (unpaired) electrons. The van der Waals surface area contributed by atoms with Gasteiger partial charge >= 0.3 is 0 Å². The maximum Gasteiger partial charge on any atom is 0.229 e. The highest BCUT2D eigenvalue weighted by molar-refractivity contribution is 5.94. The summed E-state index contributed by atoms with van der Waals surface area (Å²) in [5.41, 5.74) is 3.02. The van der Waals surface area contributed by atoms with Crippen molar-refractivity contribution in [3.8, 4) is 5.75 Å². The maximum atomic E-state index is 12.4. The molecule has 2 N–H and O–H groups in total. The molecule has 1 unspecified atom stereocenters. The summed E-state index contributed by atoms with van der Waals surface area (Å²) in [6.07, 6.45) is 0.754. The van der Waals surface area contributed by atoms with Crippen molar-refractivity contribution in [3.63, 3.8) is 0 Å². The molecule has 4 nitrogen and oxygen atoms in total. The Morgan fingerprint density at radius 2 is 1.95 bits per heavy atom. The van der Waals surface area contributed by atoms with E-state index in [0.29, 0.717) is 18.0 Å². The fourth-order valence-corrected chi connectivity index (χ4v) is 2.61. The first kappa shape index (κ1) is 13.5. The average molecular weight is 282 g/mol. The smallest absolute Gasteiger partial charge is 0.229 e. The fraction of sp³-hybridized carbons (Fsp3) is 0.235. The van der Waals surface area contributed by atoms with Crippen molar-refractivity contribution in [2.75, 3.05) is 24.3 Å². The number of amides is 1. The maximum absolute atomic E-state index is 12.4. The molecule has 3 rings (SSSR count). The second kappa shape index (κ2) is 5.87. The number of hydrogen-bond acceptors (Lipinski definition) is 3. The van der Waals surface area contributed by atoms with Crippen LogP contribution in [0.15, 0.2) is 48.5 Å². The molecule has 0 saturated carbocycles. The van der Waals surface area contributed by atoms with Gasteiger partial charge in [-0.2, -0.15) is 0 Å². The second-order valence-electron chi connectivity index (χ2n) is 5.13. The minimum absolute atomic E-state index is 0.0153. The first-order valence-electron chi connectivity index (χ1n) is 7.03. The van der Waals surface area contributed by atoms with Crippen molar-refractivity contribution in [3.05, 3.63) is 54.1 Å². The number of ether oxygens (including phenoxy) is 1. The van der Waals surface area contributed by atoms with Gasteiger partial charge in [0.25, 0.3) is 0 Å².